The van der Waals surface area contributed by atoms with Crippen LogP contribution in [0.5, 0.6) is 0 Å². The molecule has 0 amide bonds. The lowest BCUT2D eigenvalue weighted by atomic mass is 9.95. The van der Waals surface area contributed by atoms with Crippen LogP contribution in [-0.4, -0.2) is 22.6 Å². The molecule has 9 aromatic rings. The Labute approximate surface area is 304 Å². The summed E-state index contributed by atoms with van der Waals surface area (Å²) in [5.74, 6) is 0.766. The zero-order valence-corrected chi connectivity index (χ0v) is 30.1. The van der Waals surface area contributed by atoms with Gasteiger partial charge in [-0.25, -0.2) is 9.97 Å². The minimum atomic E-state index is -2.11. The monoisotopic (exact) mass is 681 g/mol. The maximum Gasteiger partial charge on any atom is 0.160 e. The van der Waals surface area contributed by atoms with Crippen molar-refractivity contribution in [2.45, 2.75) is 13.1 Å². The molecule has 0 bridgehead atoms. The Kier molecular flexibility index (Phi) is 6.95. The number of aromatic nitrogens is 3. The molecule has 2 aromatic heterocycles. The summed E-state index contributed by atoms with van der Waals surface area (Å²) >= 11 is 0. The van der Waals surface area contributed by atoms with E-state index in [4.69, 9.17) is 9.97 Å². The first-order valence-electron chi connectivity index (χ1n) is 17.9. The maximum absolute atomic E-state index is 5.42. The van der Waals surface area contributed by atoms with E-state index in [1.165, 1.54) is 60.0 Å². The number of rotatable bonds is 5. The van der Waals surface area contributed by atoms with E-state index in [0.29, 0.717) is 0 Å². The second-order valence-electron chi connectivity index (χ2n) is 14.2. The third kappa shape index (κ3) is 4.72. The molecule has 0 saturated heterocycles. The Hall–Kier alpha value is -6.36. The fourth-order valence-corrected chi connectivity index (χ4v) is 11.6. The van der Waals surface area contributed by atoms with Gasteiger partial charge in [0, 0.05) is 27.6 Å². The largest absolute Gasteiger partial charge is 0.309 e. The Morgan fingerprint density at radius 1 is 0.442 bits per heavy atom. The number of hydrogen-bond donors (Lipinski definition) is 0. The average Bonchev–Trinajstić information content (AvgIpc) is 3.67. The summed E-state index contributed by atoms with van der Waals surface area (Å²) in [6.45, 7) is 4.89. The fraction of sp³-hybridized carbons (Fsp3) is 0.0417. The van der Waals surface area contributed by atoms with Crippen molar-refractivity contribution in [3.8, 4) is 61.8 Å². The van der Waals surface area contributed by atoms with Gasteiger partial charge in [0.25, 0.3) is 0 Å². The van der Waals surface area contributed by atoms with Crippen LogP contribution in [0.4, 0.5) is 0 Å². The van der Waals surface area contributed by atoms with Crippen LogP contribution in [0.1, 0.15) is 0 Å². The topological polar surface area (TPSA) is 30.7 Å². The summed E-state index contributed by atoms with van der Waals surface area (Å²) in [5.41, 5.74) is 13.9. The van der Waals surface area contributed by atoms with Crippen molar-refractivity contribution in [2.75, 3.05) is 0 Å². The molecule has 0 unspecified atom stereocenters. The van der Waals surface area contributed by atoms with Crippen molar-refractivity contribution in [1.29, 1.82) is 0 Å². The highest BCUT2D eigenvalue weighted by molar-refractivity contribution is 7.04. The van der Waals surface area contributed by atoms with Gasteiger partial charge in [-0.15, -0.1) is 0 Å². The van der Waals surface area contributed by atoms with Crippen molar-refractivity contribution in [2.24, 2.45) is 0 Å². The van der Waals surface area contributed by atoms with Crippen LogP contribution >= 0.6 is 0 Å². The highest BCUT2D eigenvalue weighted by atomic mass is 28.3. The summed E-state index contributed by atoms with van der Waals surface area (Å²) in [6, 6.07) is 63.3. The van der Waals surface area contributed by atoms with Crippen LogP contribution in [0.3, 0.4) is 0 Å². The number of fused-ring (bicyclic) bond motifs is 6. The molecule has 0 atom stereocenters. The third-order valence-electron chi connectivity index (χ3n) is 10.8. The molecule has 3 heterocycles. The summed E-state index contributed by atoms with van der Waals surface area (Å²) in [4.78, 5) is 10.7. The first-order valence-corrected chi connectivity index (χ1v) is 20.9. The standard InChI is InChI=1S/C48H35N3Si/c1-52(2)43-27-13-12-24-39(43)46-47(52)45(49-48(50-46)33-18-8-4-9-19-33)36-21-14-20-35(30-36)38-25-15-26-42-44(38)40-31-34(32-16-6-3-7-17-32)28-29-41(40)51(42)37-22-10-5-11-23-37/h3-31H,1-2H3. The lowest BCUT2D eigenvalue weighted by Crippen LogP contribution is -2.50. The molecule has 0 spiro atoms. The number of nitrogens with zero attached hydrogens (tertiary/aromatic N) is 3. The predicted octanol–water partition coefficient (Wildman–Crippen LogP) is 11.0. The molecule has 0 aliphatic carbocycles. The van der Waals surface area contributed by atoms with E-state index in [1.807, 2.05) is 6.07 Å². The van der Waals surface area contributed by atoms with Crippen LogP contribution in [0.25, 0.3) is 83.6 Å². The average molecular weight is 682 g/mol. The quantitative estimate of drug-likeness (QED) is 0.169. The second-order valence-corrected chi connectivity index (χ2v) is 18.5. The van der Waals surface area contributed by atoms with E-state index in [1.54, 1.807) is 0 Å². The molecule has 0 saturated carbocycles. The summed E-state index contributed by atoms with van der Waals surface area (Å²) in [7, 11) is -2.11. The minimum Gasteiger partial charge on any atom is -0.309 e. The van der Waals surface area contributed by atoms with E-state index in [2.05, 4.69) is 188 Å². The molecule has 246 valence electrons. The van der Waals surface area contributed by atoms with E-state index in [0.717, 1.165) is 34.0 Å². The normalized spacial score (nSPS) is 13.0. The SMILES string of the molecule is C[Si]1(C)c2ccccc2-c2nc(-c3ccccc3)nc(-c3cccc(-c4cccc5c4c4cc(-c6ccccc6)ccc4n5-c4ccccc4)c3)c21. The Bertz CT molecular complexity index is 2800. The first kappa shape index (κ1) is 30.5. The summed E-state index contributed by atoms with van der Waals surface area (Å²) in [5, 5.41) is 5.22. The van der Waals surface area contributed by atoms with E-state index in [9.17, 15) is 0 Å². The van der Waals surface area contributed by atoms with E-state index >= 15 is 0 Å². The van der Waals surface area contributed by atoms with Crippen LogP contribution in [0.2, 0.25) is 13.1 Å². The Morgan fingerprint density at radius 3 is 1.85 bits per heavy atom. The highest BCUT2D eigenvalue weighted by Gasteiger charge is 2.41. The van der Waals surface area contributed by atoms with Crippen molar-refractivity contribution in [1.82, 2.24) is 14.5 Å². The van der Waals surface area contributed by atoms with Gasteiger partial charge >= 0.3 is 0 Å². The molecule has 3 nitrogen and oxygen atoms in total. The molecule has 4 heteroatoms. The predicted molar refractivity (Wildman–Crippen MR) is 220 cm³/mol. The summed E-state index contributed by atoms with van der Waals surface area (Å²) in [6.07, 6.45) is 0. The van der Waals surface area contributed by atoms with Gasteiger partial charge in [-0.05, 0) is 74.6 Å². The van der Waals surface area contributed by atoms with Crippen molar-refractivity contribution in [3.63, 3.8) is 0 Å². The smallest absolute Gasteiger partial charge is 0.160 e. The van der Waals surface area contributed by atoms with Crippen molar-refractivity contribution >= 4 is 40.3 Å². The number of benzene rings is 7. The van der Waals surface area contributed by atoms with Gasteiger partial charge in [0.2, 0.25) is 0 Å². The lowest BCUT2D eigenvalue weighted by molar-refractivity contribution is 1.18. The van der Waals surface area contributed by atoms with Crippen LogP contribution in [-0.2, 0) is 0 Å². The molecule has 0 radical (unpaired) electrons. The molecule has 1 aliphatic heterocycles. The molecule has 0 fully saturated rings. The van der Waals surface area contributed by atoms with Gasteiger partial charge < -0.3 is 4.57 Å². The lowest BCUT2D eigenvalue weighted by Gasteiger charge is -2.22. The maximum atomic E-state index is 5.42. The first-order chi connectivity index (χ1) is 25.6. The molecule has 0 N–H and O–H groups in total. The fourth-order valence-electron chi connectivity index (χ4n) is 8.35. The molecule has 10 rings (SSSR count). The molecule has 1 aliphatic rings. The van der Waals surface area contributed by atoms with Crippen LogP contribution < -0.4 is 10.4 Å². The minimum absolute atomic E-state index is 0.766. The summed E-state index contributed by atoms with van der Waals surface area (Å²) < 4.78 is 2.40. The van der Waals surface area contributed by atoms with Gasteiger partial charge in [0.15, 0.2) is 5.82 Å². The molecular weight excluding hydrogens is 647 g/mol. The zero-order chi connectivity index (χ0) is 34.8. The number of hydrogen-bond acceptors (Lipinski definition) is 2. The van der Waals surface area contributed by atoms with Crippen molar-refractivity contribution < 1.29 is 0 Å². The third-order valence-corrected chi connectivity index (χ3v) is 14.3. The van der Waals surface area contributed by atoms with E-state index in [-0.39, 0.29) is 0 Å². The molecule has 52 heavy (non-hydrogen) atoms. The van der Waals surface area contributed by atoms with Crippen LogP contribution in [0, 0.1) is 0 Å². The van der Waals surface area contributed by atoms with Gasteiger partial charge in [0.1, 0.15) is 8.07 Å². The molecular formula is C48H35N3Si. The Balaban J connectivity index is 1.23. The second kappa shape index (κ2) is 11.9. The van der Waals surface area contributed by atoms with Gasteiger partial charge in [-0.1, -0.05) is 153 Å². The van der Waals surface area contributed by atoms with E-state index < -0.39 is 8.07 Å². The highest BCUT2D eigenvalue weighted by Crippen LogP contribution is 2.41. The van der Waals surface area contributed by atoms with Gasteiger partial charge in [-0.2, -0.15) is 0 Å². The van der Waals surface area contributed by atoms with Crippen molar-refractivity contribution in [3.05, 3.63) is 176 Å². The van der Waals surface area contributed by atoms with Gasteiger partial charge in [0.05, 0.1) is 22.4 Å². The Morgan fingerprint density at radius 2 is 1.06 bits per heavy atom. The zero-order valence-electron chi connectivity index (χ0n) is 29.1. The number of para-hydroxylation sites is 1. The van der Waals surface area contributed by atoms with Gasteiger partial charge in [-0.3, -0.25) is 0 Å². The van der Waals surface area contributed by atoms with Crippen LogP contribution in [0.15, 0.2) is 176 Å². The molecule has 7 aromatic carbocycles.